The van der Waals surface area contributed by atoms with Crippen molar-refractivity contribution < 1.29 is 9.18 Å². The number of hydrogen-bond acceptors (Lipinski definition) is 2. The molecule has 1 aliphatic rings. The maximum absolute atomic E-state index is 13.6. The van der Waals surface area contributed by atoms with Crippen molar-refractivity contribution >= 4 is 11.5 Å². The van der Waals surface area contributed by atoms with Gasteiger partial charge >= 0.3 is 0 Å². The molecule has 0 aromatic heterocycles. The van der Waals surface area contributed by atoms with Gasteiger partial charge in [-0.2, -0.15) is 0 Å². The van der Waals surface area contributed by atoms with Crippen LogP contribution in [0.15, 0.2) is 12.1 Å². The normalized spacial score (nSPS) is 16.5. The Bertz CT molecular complexity index is 448. The Kier molecular flexibility index (Phi) is 4.00. The largest absolute Gasteiger partial charge is 0.371 e. The summed E-state index contributed by atoms with van der Waals surface area (Å²) in [4.78, 5) is 13.9. The third-order valence-corrected chi connectivity index (χ3v) is 3.60. The molecule has 0 aliphatic carbocycles. The third kappa shape index (κ3) is 2.71. The molecule has 1 aromatic rings. The van der Waals surface area contributed by atoms with Crippen molar-refractivity contribution in [1.82, 2.24) is 0 Å². The minimum atomic E-state index is -0.293. The van der Waals surface area contributed by atoms with Gasteiger partial charge in [0.25, 0.3) is 0 Å². The van der Waals surface area contributed by atoms with Crippen LogP contribution >= 0.6 is 0 Å². The zero-order chi connectivity index (χ0) is 13.1. The van der Waals surface area contributed by atoms with Crippen molar-refractivity contribution in [1.29, 1.82) is 0 Å². The van der Waals surface area contributed by atoms with Crippen LogP contribution in [0, 0.1) is 12.7 Å². The minimum absolute atomic E-state index is 0.0619. The van der Waals surface area contributed by atoms with Gasteiger partial charge in [-0.15, -0.1) is 0 Å². The summed E-state index contributed by atoms with van der Waals surface area (Å²) >= 11 is 0. The second-order valence-corrected chi connectivity index (χ2v) is 5.08. The Morgan fingerprint density at radius 2 is 1.78 bits per heavy atom. The van der Waals surface area contributed by atoms with Gasteiger partial charge in [-0.1, -0.05) is 12.8 Å². The first kappa shape index (κ1) is 13.1. The van der Waals surface area contributed by atoms with E-state index in [0.717, 1.165) is 31.6 Å². The maximum atomic E-state index is 13.6. The van der Waals surface area contributed by atoms with Crippen LogP contribution in [0.25, 0.3) is 0 Å². The fourth-order valence-corrected chi connectivity index (χ4v) is 2.52. The smallest absolute Gasteiger partial charge is 0.161 e. The van der Waals surface area contributed by atoms with Crippen LogP contribution in [0.1, 0.15) is 48.5 Å². The number of carbonyl (C=O) groups excluding carboxylic acids is 1. The summed E-state index contributed by atoms with van der Waals surface area (Å²) in [7, 11) is 0. The number of benzene rings is 1. The van der Waals surface area contributed by atoms with E-state index in [2.05, 4.69) is 4.90 Å². The number of aryl methyl sites for hydroxylation is 1. The molecule has 3 heteroatoms. The first-order valence-corrected chi connectivity index (χ1v) is 6.65. The Labute approximate surface area is 108 Å². The quantitative estimate of drug-likeness (QED) is 0.745. The Balaban J connectivity index is 2.40. The molecule has 0 radical (unpaired) electrons. The van der Waals surface area contributed by atoms with Crippen molar-refractivity contribution in [3.8, 4) is 0 Å². The van der Waals surface area contributed by atoms with Gasteiger partial charge in [0, 0.05) is 24.3 Å². The van der Waals surface area contributed by atoms with Crippen LogP contribution in [0.3, 0.4) is 0 Å². The Hall–Kier alpha value is -1.38. The minimum Gasteiger partial charge on any atom is -0.371 e. The van der Waals surface area contributed by atoms with E-state index in [1.807, 2.05) is 6.07 Å². The highest BCUT2D eigenvalue weighted by Crippen LogP contribution is 2.27. The molecule has 1 heterocycles. The molecule has 0 saturated carbocycles. The molecule has 1 aliphatic heterocycles. The number of rotatable bonds is 2. The number of anilines is 1. The molecular formula is C15H20FNO. The molecule has 0 spiro atoms. The Morgan fingerprint density at radius 3 is 2.33 bits per heavy atom. The summed E-state index contributed by atoms with van der Waals surface area (Å²) in [5, 5.41) is 0. The second kappa shape index (κ2) is 5.51. The van der Waals surface area contributed by atoms with E-state index >= 15 is 0 Å². The van der Waals surface area contributed by atoms with Crippen molar-refractivity contribution in [2.24, 2.45) is 0 Å². The van der Waals surface area contributed by atoms with Crippen molar-refractivity contribution in [3.05, 3.63) is 29.1 Å². The summed E-state index contributed by atoms with van der Waals surface area (Å²) in [6.07, 6.45) is 4.78. The standard InChI is InChI=1S/C15H20FNO/c1-11-9-15(13(12(2)18)10-14(11)16)17-7-5-3-4-6-8-17/h9-10H,3-8H2,1-2H3. The molecule has 1 aromatic carbocycles. The van der Waals surface area contributed by atoms with Gasteiger partial charge in [0.15, 0.2) is 5.78 Å². The topological polar surface area (TPSA) is 20.3 Å². The first-order valence-electron chi connectivity index (χ1n) is 6.65. The van der Waals surface area contributed by atoms with E-state index in [1.54, 1.807) is 6.92 Å². The number of ketones is 1. The molecule has 0 bridgehead atoms. The molecular weight excluding hydrogens is 229 g/mol. The number of nitrogens with zero attached hydrogens (tertiary/aromatic N) is 1. The molecule has 18 heavy (non-hydrogen) atoms. The van der Waals surface area contributed by atoms with Gasteiger partial charge in [0.1, 0.15) is 5.82 Å². The van der Waals surface area contributed by atoms with Crippen LogP contribution in [0.2, 0.25) is 0 Å². The number of halogens is 1. The van der Waals surface area contributed by atoms with Gasteiger partial charge < -0.3 is 4.90 Å². The van der Waals surface area contributed by atoms with Crippen molar-refractivity contribution in [2.45, 2.75) is 39.5 Å². The summed E-state index contributed by atoms with van der Waals surface area (Å²) < 4.78 is 13.6. The zero-order valence-electron chi connectivity index (χ0n) is 11.1. The van der Waals surface area contributed by atoms with Crippen molar-refractivity contribution in [2.75, 3.05) is 18.0 Å². The summed E-state index contributed by atoms with van der Waals surface area (Å²) in [6.45, 7) is 5.18. The number of Topliss-reactive ketones (excluding diaryl/α,β-unsaturated/α-hetero) is 1. The van der Waals surface area contributed by atoms with E-state index < -0.39 is 0 Å². The highest BCUT2D eigenvalue weighted by Gasteiger charge is 2.17. The van der Waals surface area contributed by atoms with Crippen LogP contribution in [0.5, 0.6) is 0 Å². The van der Waals surface area contributed by atoms with Gasteiger partial charge in [-0.25, -0.2) is 4.39 Å². The fourth-order valence-electron chi connectivity index (χ4n) is 2.52. The lowest BCUT2D eigenvalue weighted by Gasteiger charge is -2.25. The first-order chi connectivity index (χ1) is 8.59. The third-order valence-electron chi connectivity index (χ3n) is 3.60. The molecule has 98 valence electrons. The molecule has 1 fully saturated rings. The van der Waals surface area contributed by atoms with Gasteiger partial charge in [-0.3, -0.25) is 4.79 Å². The molecule has 0 amide bonds. The lowest BCUT2D eigenvalue weighted by molar-refractivity contribution is 0.101. The van der Waals surface area contributed by atoms with Crippen LogP contribution in [0.4, 0.5) is 10.1 Å². The van der Waals surface area contributed by atoms with Gasteiger partial charge in [0.05, 0.1) is 0 Å². The molecule has 2 nitrogen and oxygen atoms in total. The van der Waals surface area contributed by atoms with Crippen LogP contribution in [-0.4, -0.2) is 18.9 Å². The summed E-state index contributed by atoms with van der Waals surface area (Å²) in [6, 6.07) is 3.20. The average molecular weight is 249 g/mol. The predicted molar refractivity (Wildman–Crippen MR) is 71.8 cm³/mol. The maximum Gasteiger partial charge on any atom is 0.161 e. The summed E-state index contributed by atoms with van der Waals surface area (Å²) in [5.41, 5.74) is 2.03. The SMILES string of the molecule is CC(=O)c1cc(F)c(C)cc1N1CCCCCC1. The average Bonchev–Trinajstić information content (AvgIpc) is 2.60. The van der Waals surface area contributed by atoms with Gasteiger partial charge in [0.2, 0.25) is 0 Å². The van der Waals surface area contributed by atoms with Crippen molar-refractivity contribution in [3.63, 3.8) is 0 Å². The number of carbonyl (C=O) groups is 1. The molecule has 0 N–H and O–H groups in total. The van der Waals surface area contributed by atoms with E-state index in [9.17, 15) is 9.18 Å². The Morgan fingerprint density at radius 1 is 1.17 bits per heavy atom. The molecule has 0 unspecified atom stereocenters. The van der Waals surface area contributed by atoms with Gasteiger partial charge in [-0.05, 0) is 44.4 Å². The second-order valence-electron chi connectivity index (χ2n) is 5.08. The van der Waals surface area contributed by atoms with E-state index in [4.69, 9.17) is 0 Å². The van der Waals surface area contributed by atoms with E-state index in [1.165, 1.54) is 25.8 Å². The molecule has 0 atom stereocenters. The lowest BCUT2D eigenvalue weighted by Crippen LogP contribution is -2.26. The molecule has 1 saturated heterocycles. The molecule has 2 rings (SSSR count). The van der Waals surface area contributed by atoms with E-state index in [-0.39, 0.29) is 11.6 Å². The summed E-state index contributed by atoms with van der Waals surface area (Å²) in [5.74, 6) is -0.355. The van der Waals surface area contributed by atoms with E-state index in [0.29, 0.717) is 11.1 Å². The monoisotopic (exact) mass is 249 g/mol. The van der Waals surface area contributed by atoms with Crippen LogP contribution in [-0.2, 0) is 0 Å². The number of hydrogen-bond donors (Lipinski definition) is 0. The predicted octanol–water partition coefficient (Wildman–Crippen LogP) is 3.72. The fraction of sp³-hybridized carbons (Fsp3) is 0.533. The highest BCUT2D eigenvalue weighted by atomic mass is 19.1. The lowest BCUT2D eigenvalue weighted by atomic mass is 10.0. The highest BCUT2D eigenvalue weighted by molar-refractivity contribution is 5.99. The van der Waals surface area contributed by atoms with Crippen LogP contribution < -0.4 is 4.90 Å². The zero-order valence-corrected chi connectivity index (χ0v) is 11.1.